The summed E-state index contributed by atoms with van der Waals surface area (Å²) in [5.74, 6) is 2.99. The Morgan fingerprint density at radius 2 is 1.76 bits per heavy atom. The Balaban J connectivity index is 1.39. The lowest BCUT2D eigenvalue weighted by Gasteiger charge is -2.55. The Morgan fingerprint density at radius 1 is 1.14 bits per heavy atom. The Bertz CT molecular complexity index is 384. The van der Waals surface area contributed by atoms with Crippen molar-refractivity contribution in [2.75, 3.05) is 19.6 Å². The SMILES string of the molecule is CCN1CCC[C@@H]1CNC(=O)C12CC3CC(CC(C3)C1)C2. The molecule has 1 atom stereocenters. The largest absolute Gasteiger partial charge is 0.354 e. The summed E-state index contributed by atoms with van der Waals surface area (Å²) < 4.78 is 0. The predicted octanol–water partition coefficient (Wildman–Crippen LogP) is 2.80. The van der Waals surface area contributed by atoms with Crippen LogP contribution in [0.2, 0.25) is 0 Å². The number of amides is 1. The van der Waals surface area contributed by atoms with E-state index in [1.807, 2.05) is 0 Å². The number of hydrogen-bond donors (Lipinski definition) is 1. The number of carbonyl (C=O) groups is 1. The van der Waals surface area contributed by atoms with Crippen molar-refractivity contribution in [2.45, 2.75) is 64.3 Å². The van der Waals surface area contributed by atoms with Gasteiger partial charge in [0.05, 0.1) is 0 Å². The van der Waals surface area contributed by atoms with Gasteiger partial charge >= 0.3 is 0 Å². The molecule has 3 nitrogen and oxygen atoms in total. The Hall–Kier alpha value is -0.570. The zero-order valence-corrected chi connectivity index (χ0v) is 13.4. The van der Waals surface area contributed by atoms with Gasteiger partial charge in [-0.1, -0.05) is 6.92 Å². The monoisotopic (exact) mass is 290 g/mol. The third-order valence-electron chi connectivity index (χ3n) is 6.92. The summed E-state index contributed by atoms with van der Waals surface area (Å²) in [6, 6.07) is 0.591. The summed E-state index contributed by atoms with van der Waals surface area (Å²) in [7, 11) is 0. The fourth-order valence-electron chi connectivity index (χ4n) is 6.33. The van der Waals surface area contributed by atoms with Crippen LogP contribution in [0.3, 0.4) is 0 Å². The summed E-state index contributed by atoms with van der Waals surface area (Å²) in [5.41, 5.74) is 0.0321. The molecule has 0 radical (unpaired) electrons. The number of likely N-dealkylation sites (N-methyl/N-ethyl adjacent to an activating group) is 1. The maximum atomic E-state index is 12.9. The van der Waals surface area contributed by atoms with Crippen LogP contribution in [-0.2, 0) is 4.79 Å². The fraction of sp³-hybridized carbons (Fsp3) is 0.944. The van der Waals surface area contributed by atoms with Crippen LogP contribution in [0.15, 0.2) is 0 Å². The lowest BCUT2D eigenvalue weighted by Crippen LogP contribution is -2.54. The van der Waals surface area contributed by atoms with Crippen LogP contribution in [0, 0.1) is 23.2 Å². The van der Waals surface area contributed by atoms with E-state index in [1.54, 1.807) is 0 Å². The van der Waals surface area contributed by atoms with Crippen molar-refractivity contribution in [1.82, 2.24) is 10.2 Å². The number of carbonyl (C=O) groups excluding carboxylic acids is 1. The third kappa shape index (κ3) is 2.42. The van der Waals surface area contributed by atoms with E-state index < -0.39 is 0 Å². The molecule has 1 heterocycles. The van der Waals surface area contributed by atoms with Crippen LogP contribution in [0.4, 0.5) is 0 Å². The van der Waals surface area contributed by atoms with Gasteiger partial charge in [-0.2, -0.15) is 0 Å². The van der Waals surface area contributed by atoms with Crippen LogP contribution in [-0.4, -0.2) is 36.5 Å². The van der Waals surface area contributed by atoms with E-state index in [0.717, 1.165) is 30.8 Å². The lowest BCUT2D eigenvalue weighted by atomic mass is 9.49. The normalized spacial score (nSPS) is 45.2. The number of hydrogen-bond acceptors (Lipinski definition) is 2. The van der Waals surface area contributed by atoms with E-state index >= 15 is 0 Å². The summed E-state index contributed by atoms with van der Waals surface area (Å²) >= 11 is 0. The molecule has 4 saturated carbocycles. The molecule has 0 aromatic heterocycles. The highest BCUT2D eigenvalue weighted by Gasteiger charge is 2.54. The number of nitrogens with one attached hydrogen (secondary N) is 1. The van der Waals surface area contributed by atoms with E-state index in [4.69, 9.17) is 0 Å². The average molecular weight is 290 g/mol. The van der Waals surface area contributed by atoms with Crippen molar-refractivity contribution in [2.24, 2.45) is 23.2 Å². The van der Waals surface area contributed by atoms with Gasteiger partial charge in [-0.05, 0) is 82.2 Å². The highest BCUT2D eigenvalue weighted by Crippen LogP contribution is 2.60. The molecule has 0 unspecified atom stereocenters. The zero-order chi connectivity index (χ0) is 14.4. The van der Waals surface area contributed by atoms with Crippen LogP contribution < -0.4 is 5.32 Å². The van der Waals surface area contributed by atoms with Crippen LogP contribution in [0.5, 0.6) is 0 Å². The zero-order valence-electron chi connectivity index (χ0n) is 13.4. The van der Waals surface area contributed by atoms with Crippen molar-refractivity contribution >= 4 is 5.91 Å². The van der Waals surface area contributed by atoms with E-state index in [1.165, 1.54) is 57.9 Å². The van der Waals surface area contributed by atoms with Gasteiger partial charge in [0, 0.05) is 18.0 Å². The number of rotatable bonds is 4. The molecular formula is C18H30N2O. The molecule has 1 amide bonds. The van der Waals surface area contributed by atoms with Gasteiger partial charge in [-0.3, -0.25) is 9.69 Å². The first-order chi connectivity index (χ1) is 10.2. The van der Waals surface area contributed by atoms with Crippen molar-refractivity contribution in [1.29, 1.82) is 0 Å². The molecule has 0 spiro atoms. The highest BCUT2D eigenvalue weighted by molar-refractivity contribution is 5.83. The van der Waals surface area contributed by atoms with Crippen LogP contribution >= 0.6 is 0 Å². The van der Waals surface area contributed by atoms with Gasteiger partial charge in [-0.15, -0.1) is 0 Å². The van der Waals surface area contributed by atoms with Crippen molar-refractivity contribution < 1.29 is 4.79 Å². The molecule has 0 aromatic carbocycles. The molecule has 4 bridgehead atoms. The first kappa shape index (κ1) is 14.0. The maximum absolute atomic E-state index is 12.9. The van der Waals surface area contributed by atoms with Crippen LogP contribution in [0.1, 0.15) is 58.3 Å². The summed E-state index contributed by atoms with van der Waals surface area (Å²) in [5, 5.41) is 3.37. The Morgan fingerprint density at radius 3 is 2.33 bits per heavy atom. The molecule has 118 valence electrons. The average Bonchev–Trinajstić information content (AvgIpc) is 2.90. The van der Waals surface area contributed by atoms with Gasteiger partial charge in [0.1, 0.15) is 0 Å². The van der Waals surface area contributed by atoms with Crippen molar-refractivity contribution in [3.63, 3.8) is 0 Å². The van der Waals surface area contributed by atoms with Gasteiger partial charge in [-0.25, -0.2) is 0 Å². The summed E-state index contributed by atoms with van der Waals surface area (Å²) in [6.07, 6.45) is 10.4. The minimum Gasteiger partial charge on any atom is -0.354 e. The van der Waals surface area contributed by atoms with E-state index in [-0.39, 0.29) is 5.41 Å². The molecule has 0 aromatic rings. The lowest BCUT2D eigenvalue weighted by molar-refractivity contribution is -0.146. The van der Waals surface area contributed by atoms with Crippen molar-refractivity contribution in [3.05, 3.63) is 0 Å². The van der Waals surface area contributed by atoms with Gasteiger partial charge < -0.3 is 5.32 Å². The Labute approximate surface area is 128 Å². The second-order valence-electron chi connectivity index (χ2n) is 8.33. The maximum Gasteiger partial charge on any atom is 0.226 e. The van der Waals surface area contributed by atoms with Crippen molar-refractivity contribution in [3.8, 4) is 0 Å². The summed E-state index contributed by atoms with van der Waals surface area (Å²) in [4.78, 5) is 15.4. The van der Waals surface area contributed by atoms with Gasteiger partial charge in [0.2, 0.25) is 5.91 Å². The minimum absolute atomic E-state index is 0.0321. The topological polar surface area (TPSA) is 32.3 Å². The summed E-state index contributed by atoms with van der Waals surface area (Å²) in [6.45, 7) is 5.46. The van der Waals surface area contributed by atoms with Crippen LogP contribution in [0.25, 0.3) is 0 Å². The molecular weight excluding hydrogens is 260 g/mol. The van der Waals surface area contributed by atoms with Gasteiger partial charge in [0.25, 0.3) is 0 Å². The third-order valence-corrected chi connectivity index (χ3v) is 6.92. The Kier molecular flexibility index (Phi) is 3.52. The molecule has 4 aliphatic carbocycles. The standard InChI is InChI=1S/C18H30N2O/c1-2-20-5-3-4-16(20)12-19-17(21)18-9-13-6-14(10-18)8-15(7-13)11-18/h13-16H,2-12H2,1H3,(H,19,21)/t13?,14?,15?,16-,18?/m1/s1. The fourth-order valence-corrected chi connectivity index (χ4v) is 6.33. The van der Waals surface area contributed by atoms with Gasteiger partial charge in [0.15, 0.2) is 0 Å². The molecule has 1 N–H and O–H groups in total. The molecule has 21 heavy (non-hydrogen) atoms. The molecule has 5 rings (SSSR count). The molecule has 1 saturated heterocycles. The highest BCUT2D eigenvalue weighted by atomic mass is 16.2. The molecule has 5 aliphatic rings. The minimum atomic E-state index is 0.0321. The quantitative estimate of drug-likeness (QED) is 0.863. The molecule has 3 heteroatoms. The van der Waals surface area contributed by atoms with E-state index in [0.29, 0.717) is 11.9 Å². The van der Waals surface area contributed by atoms with E-state index in [2.05, 4.69) is 17.1 Å². The number of nitrogens with zero attached hydrogens (tertiary/aromatic N) is 1. The number of likely N-dealkylation sites (tertiary alicyclic amines) is 1. The molecule has 1 aliphatic heterocycles. The second kappa shape index (κ2) is 5.26. The smallest absolute Gasteiger partial charge is 0.226 e. The first-order valence-corrected chi connectivity index (χ1v) is 9.21. The second-order valence-corrected chi connectivity index (χ2v) is 8.33. The first-order valence-electron chi connectivity index (χ1n) is 9.21. The van der Waals surface area contributed by atoms with E-state index in [9.17, 15) is 4.79 Å². The predicted molar refractivity (Wildman–Crippen MR) is 83.9 cm³/mol. The molecule has 5 fully saturated rings.